The van der Waals surface area contributed by atoms with E-state index in [1.807, 2.05) is 0 Å². The maximum absolute atomic E-state index is 12.2. The van der Waals surface area contributed by atoms with Crippen molar-refractivity contribution in [3.05, 3.63) is 21.0 Å². The average Bonchev–Trinajstić information content (AvgIpc) is 2.75. The smallest absolute Gasteiger partial charge is 0.283 e. The lowest BCUT2D eigenvalue weighted by molar-refractivity contribution is 0.461. The van der Waals surface area contributed by atoms with E-state index in [1.165, 1.54) is 17.5 Å². The second-order valence-corrected chi connectivity index (χ2v) is 6.94. The molecular weight excluding hydrogens is 306 g/mol. The van der Waals surface area contributed by atoms with Crippen molar-refractivity contribution in [2.24, 2.45) is 5.92 Å². The predicted molar refractivity (Wildman–Crippen MR) is 81.5 cm³/mol. The molecule has 0 bridgehead atoms. The van der Waals surface area contributed by atoms with Crippen LogP contribution in [0.25, 0.3) is 0 Å². The van der Waals surface area contributed by atoms with Gasteiger partial charge >= 0.3 is 0 Å². The Labute approximate surface area is 122 Å². The van der Waals surface area contributed by atoms with E-state index in [9.17, 15) is 4.79 Å². The Kier molecular flexibility index (Phi) is 4.33. The zero-order chi connectivity index (χ0) is 14.0. The van der Waals surface area contributed by atoms with Crippen molar-refractivity contribution in [1.29, 1.82) is 0 Å². The first kappa shape index (κ1) is 14.6. The summed E-state index contributed by atoms with van der Waals surface area (Å²) in [6, 6.07) is 0. The minimum atomic E-state index is -0.0553. The largest absolute Gasteiger partial charge is 0.378 e. The standard InChI is InChI=1S/C14H22BrN3O/c1-10(2)9-18-13(19)12(15)11(8-16-18)17-14(3)6-4-5-7-14/h8,10,17H,4-7,9H2,1-3H3. The number of rotatable bonds is 4. The van der Waals surface area contributed by atoms with Crippen LogP contribution in [-0.4, -0.2) is 15.3 Å². The summed E-state index contributed by atoms with van der Waals surface area (Å²) in [5.74, 6) is 0.406. The number of hydrogen-bond donors (Lipinski definition) is 1. The third-order valence-electron chi connectivity index (χ3n) is 3.67. The predicted octanol–water partition coefficient (Wildman–Crippen LogP) is 3.41. The number of aromatic nitrogens is 2. The van der Waals surface area contributed by atoms with E-state index < -0.39 is 0 Å². The molecule has 0 aliphatic heterocycles. The molecule has 19 heavy (non-hydrogen) atoms. The minimum Gasteiger partial charge on any atom is -0.378 e. The van der Waals surface area contributed by atoms with Crippen LogP contribution in [0.3, 0.4) is 0 Å². The van der Waals surface area contributed by atoms with E-state index in [-0.39, 0.29) is 11.1 Å². The van der Waals surface area contributed by atoms with Gasteiger partial charge in [-0.15, -0.1) is 0 Å². The molecule has 1 N–H and O–H groups in total. The van der Waals surface area contributed by atoms with Gasteiger partial charge in [0.25, 0.3) is 5.56 Å². The van der Waals surface area contributed by atoms with Crippen LogP contribution >= 0.6 is 15.9 Å². The number of anilines is 1. The molecule has 1 aromatic heterocycles. The molecular formula is C14H22BrN3O. The molecule has 0 unspecified atom stereocenters. The van der Waals surface area contributed by atoms with Gasteiger partial charge in [0.1, 0.15) is 4.47 Å². The topological polar surface area (TPSA) is 46.9 Å². The van der Waals surface area contributed by atoms with Gasteiger partial charge in [-0.25, -0.2) is 4.68 Å². The first-order valence-corrected chi connectivity index (χ1v) is 7.74. The minimum absolute atomic E-state index is 0.0553. The summed E-state index contributed by atoms with van der Waals surface area (Å²) < 4.78 is 2.12. The lowest BCUT2D eigenvalue weighted by atomic mass is 10.0. The SMILES string of the molecule is CC(C)Cn1ncc(NC2(C)CCCC2)c(Br)c1=O. The Morgan fingerprint density at radius 2 is 2.11 bits per heavy atom. The first-order valence-electron chi connectivity index (χ1n) is 6.95. The molecule has 1 heterocycles. The Morgan fingerprint density at radius 3 is 2.68 bits per heavy atom. The van der Waals surface area contributed by atoms with Crippen LogP contribution in [0.5, 0.6) is 0 Å². The van der Waals surface area contributed by atoms with E-state index in [1.54, 1.807) is 6.20 Å². The van der Waals surface area contributed by atoms with Crippen molar-refractivity contribution in [3.8, 4) is 0 Å². The second kappa shape index (κ2) is 5.65. The third kappa shape index (κ3) is 3.38. The molecule has 0 aromatic carbocycles. The summed E-state index contributed by atoms with van der Waals surface area (Å²) in [6.07, 6.45) is 6.55. The zero-order valence-corrected chi connectivity index (χ0v) is 13.5. The van der Waals surface area contributed by atoms with Crippen LogP contribution in [0.1, 0.15) is 46.5 Å². The van der Waals surface area contributed by atoms with E-state index >= 15 is 0 Å². The van der Waals surface area contributed by atoms with Gasteiger partial charge in [0.2, 0.25) is 0 Å². The van der Waals surface area contributed by atoms with Crippen LogP contribution in [0.15, 0.2) is 15.5 Å². The lowest BCUT2D eigenvalue weighted by Gasteiger charge is -2.27. The highest BCUT2D eigenvalue weighted by Gasteiger charge is 2.29. The van der Waals surface area contributed by atoms with E-state index in [4.69, 9.17) is 0 Å². The second-order valence-electron chi connectivity index (χ2n) is 6.15. The summed E-state index contributed by atoms with van der Waals surface area (Å²) in [6.45, 7) is 7.02. The summed E-state index contributed by atoms with van der Waals surface area (Å²) in [7, 11) is 0. The van der Waals surface area contributed by atoms with E-state index in [0.29, 0.717) is 16.9 Å². The lowest BCUT2D eigenvalue weighted by Crippen LogP contribution is -2.33. The summed E-state index contributed by atoms with van der Waals surface area (Å²) in [4.78, 5) is 12.2. The maximum atomic E-state index is 12.2. The van der Waals surface area contributed by atoms with Crippen LogP contribution in [0, 0.1) is 5.92 Å². The molecule has 5 heteroatoms. The van der Waals surface area contributed by atoms with Gasteiger partial charge in [0, 0.05) is 12.1 Å². The number of nitrogens with zero attached hydrogens (tertiary/aromatic N) is 2. The molecule has 1 aromatic rings. The Hall–Kier alpha value is -0.840. The zero-order valence-electron chi connectivity index (χ0n) is 11.9. The number of halogens is 1. The van der Waals surface area contributed by atoms with Gasteiger partial charge < -0.3 is 5.32 Å². The highest BCUT2D eigenvalue weighted by atomic mass is 79.9. The first-order chi connectivity index (χ1) is 8.91. The van der Waals surface area contributed by atoms with Gasteiger partial charge in [-0.3, -0.25) is 4.79 Å². The molecule has 2 rings (SSSR count). The van der Waals surface area contributed by atoms with Gasteiger partial charge in [0.05, 0.1) is 11.9 Å². The van der Waals surface area contributed by atoms with Crippen LogP contribution in [0.2, 0.25) is 0 Å². The van der Waals surface area contributed by atoms with Crippen LogP contribution in [-0.2, 0) is 6.54 Å². The summed E-state index contributed by atoms with van der Waals surface area (Å²) in [5.41, 5.74) is 0.857. The number of hydrogen-bond acceptors (Lipinski definition) is 3. The van der Waals surface area contributed by atoms with Gasteiger partial charge in [-0.2, -0.15) is 5.10 Å². The highest BCUT2D eigenvalue weighted by molar-refractivity contribution is 9.10. The Morgan fingerprint density at radius 1 is 1.47 bits per heavy atom. The molecule has 0 atom stereocenters. The van der Waals surface area contributed by atoms with Crippen molar-refractivity contribution in [3.63, 3.8) is 0 Å². The monoisotopic (exact) mass is 327 g/mol. The van der Waals surface area contributed by atoms with E-state index in [0.717, 1.165) is 18.5 Å². The fourth-order valence-electron chi connectivity index (χ4n) is 2.63. The molecule has 1 fully saturated rings. The average molecular weight is 328 g/mol. The maximum Gasteiger partial charge on any atom is 0.283 e. The van der Waals surface area contributed by atoms with Gasteiger partial charge in [0.15, 0.2) is 0 Å². The fraction of sp³-hybridized carbons (Fsp3) is 0.714. The highest BCUT2D eigenvalue weighted by Crippen LogP contribution is 2.33. The molecule has 0 saturated heterocycles. The Bertz CT molecular complexity index is 504. The quantitative estimate of drug-likeness (QED) is 0.921. The van der Waals surface area contributed by atoms with Crippen molar-refractivity contribution in [2.45, 2.75) is 58.5 Å². The van der Waals surface area contributed by atoms with Crippen molar-refractivity contribution < 1.29 is 0 Å². The summed E-state index contributed by atoms with van der Waals surface area (Å²) >= 11 is 3.42. The van der Waals surface area contributed by atoms with Crippen LogP contribution < -0.4 is 10.9 Å². The molecule has 0 amide bonds. The van der Waals surface area contributed by atoms with Gasteiger partial charge in [-0.1, -0.05) is 26.7 Å². The third-order valence-corrected chi connectivity index (χ3v) is 4.43. The molecule has 4 nitrogen and oxygen atoms in total. The van der Waals surface area contributed by atoms with Crippen molar-refractivity contribution >= 4 is 21.6 Å². The molecule has 0 radical (unpaired) electrons. The molecule has 1 aliphatic rings. The molecule has 1 aliphatic carbocycles. The van der Waals surface area contributed by atoms with Gasteiger partial charge in [-0.05, 0) is 41.6 Å². The van der Waals surface area contributed by atoms with Crippen molar-refractivity contribution in [2.75, 3.05) is 5.32 Å². The fourth-order valence-corrected chi connectivity index (χ4v) is 3.04. The summed E-state index contributed by atoms with van der Waals surface area (Å²) in [5, 5.41) is 7.75. The number of nitrogens with one attached hydrogen (secondary N) is 1. The van der Waals surface area contributed by atoms with Crippen LogP contribution in [0.4, 0.5) is 5.69 Å². The molecule has 0 spiro atoms. The van der Waals surface area contributed by atoms with Crippen molar-refractivity contribution in [1.82, 2.24) is 9.78 Å². The molecule has 1 saturated carbocycles. The molecule has 106 valence electrons. The Balaban J connectivity index is 2.23. The normalized spacial score (nSPS) is 17.9. The van der Waals surface area contributed by atoms with E-state index in [2.05, 4.69) is 47.1 Å².